The zero-order valence-electron chi connectivity index (χ0n) is 20.8. The van der Waals surface area contributed by atoms with Crippen LogP contribution in [0, 0.1) is 0 Å². The summed E-state index contributed by atoms with van der Waals surface area (Å²) in [5.74, 6) is 0.167. The van der Waals surface area contributed by atoms with Gasteiger partial charge in [0.15, 0.2) is 5.60 Å². The molecule has 0 aliphatic carbocycles. The van der Waals surface area contributed by atoms with Crippen molar-refractivity contribution in [3.8, 4) is 17.4 Å². The molecule has 0 aliphatic rings. The Labute approximate surface area is 205 Å². The SMILES string of the molecule is CCCn1c(CCCc2ccc(OC(C)(C)C(=O)O)cc2)c(O)n(Cc2cccc(OC)c2)c1=O. The molecule has 8 heteroatoms. The minimum atomic E-state index is -1.31. The Morgan fingerprint density at radius 3 is 2.34 bits per heavy atom. The molecule has 0 unspecified atom stereocenters. The van der Waals surface area contributed by atoms with Crippen LogP contribution in [0.4, 0.5) is 0 Å². The Balaban J connectivity index is 1.71. The minimum Gasteiger partial charge on any atom is -0.497 e. The van der Waals surface area contributed by atoms with Crippen LogP contribution in [0.25, 0.3) is 0 Å². The molecule has 0 radical (unpaired) electrons. The number of ether oxygens (including phenoxy) is 2. The number of benzene rings is 2. The summed E-state index contributed by atoms with van der Waals surface area (Å²) in [5, 5.41) is 20.2. The summed E-state index contributed by atoms with van der Waals surface area (Å²) in [6.07, 6.45) is 2.81. The molecule has 1 heterocycles. The van der Waals surface area contributed by atoms with Crippen LogP contribution < -0.4 is 15.2 Å². The number of methoxy groups -OCH3 is 1. The highest BCUT2D eigenvalue weighted by Gasteiger charge is 2.29. The van der Waals surface area contributed by atoms with Crippen molar-refractivity contribution in [2.24, 2.45) is 0 Å². The first-order valence-electron chi connectivity index (χ1n) is 11.8. The second-order valence-corrected chi connectivity index (χ2v) is 9.06. The zero-order chi connectivity index (χ0) is 25.6. The van der Waals surface area contributed by atoms with E-state index in [0.717, 1.165) is 30.4 Å². The molecule has 3 aromatic rings. The Morgan fingerprint density at radius 2 is 1.71 bits per heavy atom. The number of hydrogen-bond acceptors (Lipinski definition) is 5. The van der Waals surface area contributed by atoms with E-state index in [1.165, 1.54) is 18.4 Å². The molecule has 8 nitrogen and oxygen atoms in total. The first kappa shape index (κ1) is 25.9. The molecule has 1 aromatic heterocycles. The van der Waals surface area contributed by atoms with Gasteiger partial charge in [0.2, 0.25) is 5.88 Å². The largest absolute Gasteiger partial charge is 0.497 e. The normalized spacial score (nSPS) is 11.4. The topological polar surface area (TPSA) is 103 Å². The van der Waals surface area contributed by atoms with E-state index in [9.17, 15) is 19.8 Å². The average molecular weight is 483 g/mol. The van der Waals surface area contributed by atoms with Crippen LogP contribution in [0.2, 0.25) is 0 Å². The molecule has 2 N–H and O–H groups in total. The number of nitrogens with zero attached hydrogens (tertiary/aromatic N) is 2. The number of carboxylic acids is 1. The number of carbonyl (C=O) groups is 1. The van der Waals surface area contributed by atoms with Crippen molar-refractivity contribution in [2.45, 2.75) is 65.1 Å². The summed E-state index contributed by atoms with van der Waals surface area (Å²) in [6.45, 7) is 5.82. The van der Waals surface area contributed by atoms with E-state index in [-0.39, 0.29) is 18.1 Å². The molecular formula is C27H34N2O6. The summed E-state index contributed by atoms with van der Waals surface area (Å²) in [6, 6.07) is 14.8. The van der Waals surface area contributed by atoms with Crippen LogP contribution in [-0.2, 0) is 30.7 Å². The lowest BCUT2D eigenvalue weighted by Crippen LogP contribution is -2.37. The van der Waals surface area contributed by atoms with E-state index < -0.39 is 11.6 Å². The van der Waals surface area contributed by atoms with Crippen molar-refractivity contribution in [1.29, 1.82) is 0 Å². The minimum absolute atomic E-state index is 0.00548. The smallest absolute Gasteiger partial charge is 0.347 e. The number of aromatic nitrogens is 2. The molecule has 0 saturated heterocycles. The van der Waals surface area contributed by atoms with E-state index in [0.29, 0.717) is 30.2 Å². The van der Waals surface area contributed by atoms with Crippen molar-refractivity contribution in [3.63, 3.8) is 0 Å². The van der Waals surface area contributed by atoms with Gasteiger partial charge >= 0.3 is 11.7 Å². The summed E-state index contributed by atoms with van der Waals surface area (Å²) in [5.41, 5.74) is 1.05. The van der Waals surface area contributed by atoms with Gasteiger partial charge in [0.05, 0.1) is 19.3 Å². The van der Waals surface area contributed by atoms with Crippen molar-refractivity contribution in [1.82, 2.24) is 9.13 Å². The summed E-state index contributed by atoms with van der Waals surface area (Å²) in [4.78, 5) is 24.3. The fourth-order valence-corrected chi connectivity index (χ4v) is 3.95. The maximum atomic E-state index is 13.1. The van der Waals surface area contributed by atoms with Crippen LogP contribution in [0.3, 0.4) is 0 Å². The monoisotopic (exact) mass is 482 g/mol. The van der Waals surface area contributed by atoms with Gasteiger partial charge in [-0.15, -0.1) is 0 Å². The van der Waals surface area contributed by atoms with Crippen molar-refractivity contribution in [3.05, 3.63) is 75.8 Å². The Bertz CT molecular complexity index is 1210. The predicted octanol–water partition coefficient (Wildman–Crippen LogP) is 4.24. The van der Waals surface area contributed by atoms with Gasteiger partial charge in [0.1, 0.15) is 11.5 Å². The van der Waals surface area contributed by atoms with Gasteiger partial charge in [-0.05, 0) is 74.9 Å². The van der Waals surface area contributed by atoms with E-state index in [1.807, 2.05) is 43.3 Å². The molecule has 0 aliphatic heterocycles. The third kappa shape index (κ3) is 6.26. The fourth-order valence-electron chi connectivity index (χ4n) is 3.95. The van der Waals surface area contributed by atoms with Crippen LogP contribution in [0.1, 0.15) is 50.4 Å². The van der Waals surface area contributed by atoms with E-state index in [1.54, 1.807) is 23.8 Å². The predicted molar refractivity (Wildman–Crippen MR) is 134 cm³/mol. The van der Waals surface area contributed by atoms with Crippen LogP contribution in [0.5, 0.6) is 17.4 Å². The molecule has 0 saturated carbocycles. The first-order valence-corrected chi connectivity index (χ1v) is 11.8. The standard InChI is InChI=1S/C27H34N2O6/c1-5-16-28-23(24(30)29(26(28)33)18-20-9-6-10-22(17-20)34-4)11-7-8-19-12-14-21(15-13-19)35-27(2,3)25(31)32/h6,9-10,12-15,17,30H,5,7-8,11,16,18H2,1-4H3,(H,31,32). The lowest BCUT2D eigenvalue weighted by atomic mass is 10.1. The molecular weight excluding hydrogens is 448 g/mol. The summed E-state index contributed by atoms with van der Waals surface area (Å²) < 4.78 is 13.9. The molecule has 0 bridgehead atoms. The van der Waals surface area contributed by atoms with Crippen molar-refractivity contribution >= 4 is 5.97 Å². The summed E-state index contributed by atoms with van der Waals surface area (Å²) in [7, 11) is 1.59. The summed E-state index contributed by atoms with van der Waals surface area (Å²) >= 11 is 0. The number of carboxylic acid groups (broad SMARTS) is 1. The maximum Gasteiger partial charge on any atom is 0.347 e. The highest BCUT2D eigenvalue weighted by Crippen LogP contribution is 2.23. The number of imidazole rings is 1. The quantitative estimate of drug-likeness (QED) is 0.400. The van der Waals surface area contributed by atoms with Crippen molar-refractivity contribution < 1.29 is 24.5 Å². The lowest BCUT2D eigenvalue weighted by Gasteiger charge is -2.21. The molecule has 0 amide bonds. The van der Waals surface area contributed by atoms with Gasteiger partial charge in [0, 0.05) is 6.54 Å². The third-order valence-electron chi connectivity index (χ3n) is 5.91. The first-order chi connectivity index (χ1) is 16.7. The van der Waals surface area contributed by atoms with Gasteiger partial charge < -0.3 is 19.7 Å². The van der Waals surface area contributed by atoms with E-state index in [4.69, 9.17) is 9.47 Å². The van der Waals surface area contributed by atoms with Gasteiger partial charge in [-0.3, -0.25) is 9.13 Å². The van der Waals surface area contributed by atoms with Gasteiger partial charge in [-0.2, -0.15) is 0 Å². The third-order valence-corrected chi connectivity index (χ3v) is 5.91. The number of hydrogen-bond donors (Lipinski definition) is 2. The fraction of sp³-hybridized carbons (Fsp3) is 0.407. The maximum absolute atomic E-state index is 13.1. The lowest BCUT2D eigenvalue weighted by molar-refractivity contribution is -0.152. The molecule has 0 spiro atoms. The Morgan fingerprint density at radius 1 is 1.00 bits per heavy atom. The Hall–Kier alpha value is -3.68. The van der Waals surface area contributed by atoms with Crippen LogP contribution in [-0.4, -0.2) is 38.0 Å². The molecule has 0 atom stereocenters. The number of aryl methyl sites for hydroxylation is 1. The molecule has 188 valence electrons. The van der Waals surface area contributed by atoms with Gasteiger partial charge in [-0.1, -0.05) is 31.2 Å². The van der Waals surface area contributed by atoms with Crippen molar-refractivity contribution in [2.75, 3.05) is 7.11 Å². The molecule has 3 rings (SSSR count). The highest BCUT2D eigenvalue weighted by atomic mass is 16.5. The molecule has 2 aromatic carbocycles. The van der Waals surface area contributed by atoms with E-state index >= 15 is 0 Å². The molecule has 0 fully saturated rings. The van der Waals surface area contributed by atoms with Gasteiger partial charge in [0.25, 0.3) is 0 Å². The number of rotatable bonds is 12. The number of aromatic hydroxyl groups is 1. The van der Waals surface area contributed by atoms with Gasteiger partial charge in [-0.25, -0.2) is 9.59 Å². The average Bonchev–Trinajstić information content (AvgIpc) is 3.04. The number of aliphatic carboxylic acids is 1. The Kier molecular flexibility index (Phi) is 8.27. The van der Waals surface area contributed by atoms with Crippen LogP contribution >= 0.6 is 0 Å². The second-order valence-electron chi connectivity index (χ2n) is 9.06. The zero-order valence-corrected chi connectivity index (χ0v) is 20.8. The highest BCUT2D eigenvalue weighted by molar-refractivity contribution is 5.76. The van der Waals surface area contributed by atoms with Crippen LogP contribution in [0.15, 0.2) is 53.3 Å². The second kappa shape index (κ2) is 11.2. The molecule has 35 heavy (non-hydrogen) atoms. The van der Waals surface area contributed by atoms with E-state index in [2.05, 4.69) is 0 Å².